The third-order valence-corrected chi connectivity index (χ3v) is 10.7. The maximum absolute atomic E-state index is 12.3. The summed E-state index contributed by atoms with van der Waals surface area (Å²) >= 11 is 0. The van der Waals surface area contributed by atoms with E-state index in [2.05, 4.69) is 83.4 Å². The Morgan fingerprint density at radius 3 is 1.15 bits per heavy atom. The Morgan fingerprint density at radius 2 is 0.870 bits per heavy atom. The minimum Gasteiger partial charge on any atom is -0.480 e. The third-order valence-electron chi connectivity index (χ3n) is 10.7. The molecule has 3 aliphatic rings. The Kier molecular flexibility index (Phi) is 8.53. The number of carbonyl (C=O) groups excluding carboxylic acids is 2. The predicted octanol–water partition coefficient (Wildman–Crippen LogP) is 6.45. The van der Waals surface area contributed by atoms with E-state index in [1.807, 2.05) is 48.5 Å². The van der Waals surface area contributed by atoms with Crippen LogP contribution in [0, 0.1) is 0 Å². The summed E-state index contributed by atoms with van der Waals surface area (Å²) in [6, 6.07) is 41.3. The van der Waals surface area contributed by atoms with Crippen molar-refractivity contribution in [3.05, 3.63) is 144 Å². The molecule has 0 radical (unpaired) electrons. The van der Waals surface area contributed by atoms with E-state index in [1.54, 1.807) is 0 Å². The molecule has 1 spiro atoms. The zero-order valence-corrected chi connectivity index (χ0v) is 26.0. The highest BCUT2D eigenvalue weighted by atomic mass is 16.4. The molecule has 4 aromatic rings. The number of rotatable bonds is 5. The second-order valence-corrected chi connectivity index (χ2v) is 13.1. The molecule has 5 N–H and O–H groups in total. The van der Waals surface area contributed by atoms with Crippen LogP contribution in [0.2, 0.25) is 0 Å². The van der Waals surface area contributed by atoms with Crippen LogP contribution in [-0.4, -0.2) is 34.1 Å². The second kappa shape index (κ2) is 12.6. The molecule has 0 bridgehead atoms. The van der Waals surface area contributed by atoms with E-state index in [9.17, 15) is 19.5 Å². The van der Waals surface area contributed by atoms with Crippen molar-refractivity contribution in [2.24, 2.45) is 5.73 Å². The van der Waals surface area contributed by atoms with Gasteiger partial charge in [-0.15, -0.1) is 0 Å². The van der Waals surface area contributed by atoms with Crippen LogP contribution in [0.25, 0.3) is 0 Å². The van der Waals surface area contributed by atoms with Crippen LogP contribution >= 0.6 is 0 Å². The summed E-state index contributed by atoms with van der Waals surface area (Å²) in [5, 5.41) is 14.6. The SMILES string of the molecule is NC1(C(=O)O)CCC(c2ccccc2)(c2ccccc2)CC1.O=C1NC(=O)C2(CCC(c3ccccc3)(c3ccccc3)CC2)N1. The first kappa shape index (κ1) is 31.2. The first-order chi connectivity index (χ1) is 22.2. The summed E-state index contributed by atoms with van der Waals surface area (Å²) < 4.78 is 0. The van der Waals surface area contributed by atoms with Gasteiger partial charge in [0, 0.05) is 10.8 Å². The van der Waals surface area contributed by atoms with Crippen LogP contribution in [0.5, 0.6) is 0 Å². The fourth-order valence-corrected chi connectivity index (χ4v) is 7.84. The maximum Gasteiger partial charge on any atom is 0.323 e. The van der Waals surface area contributed by atoms with Crippen LogP contribution in [0.3, 0.4) is 0 Å². The molecule has 2 aliphatic carbocycles. The molecule has 0 unspecified atom stereocenters. The molecule has 7 heteroatoms. The van der Waals surface area contributed by atoms with E-state index in [1.165, 1.54) is 22.3 Å². The van der Waals surface area contributed by atoms with Gasteiger partial charge in [-0.25, -0.2) is 4.79 Å². The predicted molar refractivity (Wildman–Crippen MR) is 178 cm³/mol. The van der Waals surface area contributed by atoms with Crippen LogP contribution in [-0.2, 0) is 20.4 Å². The van der Waals surface area contributed by atoms with Gasteiger partial charge in [-0.2, -0.15) is 0 Å². The normalized spacial score (nSPS) is 20.5. The average Bonchev–Trinajstić information content (AvgIpc) is 3.39. The van der Waals surface area contributed by atoms with E-state index in [4.69, 9.17) is 5.73 Å². The summed E-state index contributed by atoms with van der Waals surface area (Å²) in [4.78, 5) is 35.3. The minimum absolute atomic E-state index is 0.110. The van der Waals surface area contributed by atoms with Crippen LogP contribution in [0.15, 0.2) is 121 Å². The quantitative estimate of drug-likeness (QED) is 0.192. The van der Waals surface area contributed by atoms with E-state index in [-0.39, 0.29) is 22.8 Å². The lowest BCUT2D eigenvalue weighted by Crippen LogP contribution is -2.53. The number of carboxylic acid groups (broad SMARTS) is 1. The zero-order chi connectivity index (χ0) is 32.3. The van der Waals surface area contributed by atoms with Gasteiger partial charge in [0.25, 0.3) is 5.91 Å². The molecule has 236 valence electrons. The lowest BCUT2D eigenvalue weighted by atomic mass is 9.61. The summed E-state index contributed by atoms with van der Waals surface area (Å²) in [5.74, 6) is -1.07. The van der Waals surface area contributed by atoms with Gasteiger partial charge in [-0.05, 0) is 73.6 Å². The molecule has 3 fully saturated rings. The lowest BCUT2D eigenvalue weighted by molar-refractivity contribution is -0.145. The lowest BCUT2D eigenvalue weighted by Gasteiger charge is -2.44. The Bertz CT molecular complexity index is 1580. The highest BCUT2D eigenvalue weighted by Gasteiger charge is 2.52. The molecule has 2 saturated carbocycles. The number of benzene rings is 4. The van der Waals surface area contributed by atoms with Gasteiger partial charge in [0.15, 0.2) is 0 Å². The van der Waals surface area contributed by atoms with Gasteiger partial charge in [-0.1, -0.05) is 121 Å². The van der Waals surface area contributed by atoms with Crippen LogP contribution in [0.1, 0.15) is 73.6 Å². The van der Waals surface area contributed by atoms with Gasteiger partial charge < -0.3 is 16.2 Å². The number of imide groups is 1. The van der Waals surface area contributed by atoms with Crippen LogP contribution in [0.4, 0.5) is 4.79 Å². The molecule has 7 rings (SSSR count). The van der Waals surface area contributed by atoms with Gasteiger partial charge in [0.05, 0.1) is 0 Å². The number of carboxylic acids is 1. The number of nitrogens with two attached hydrogens (primary N) is 1. The Morgan fingerprint density at radius 1 is 0.543 bits per heavy atom. The largest absolute Gasteiger partial charge is 0.480 e. The van der Waals surface area contributed by atoms with E-state index in [0.29, 0.717) is 25.7 Å². The Labute approximate surface area is 270 Å². The fourth-order valence-electron chi connectivity index (χ4n) is 7.84. The molecule has 4 aromatic carbocycles. The number of carbonyl (C=O) groups is 3. The second-order valence-electron chi connectivity index (χ2n) is 13.1. The summed E-state index contributed by atoms with van der Waals surface area (Å²) in [6.07, 6.45) is 5.44. The van der Waals surface area contributed by atoms with E-state index < -0.39 is 17.0 Å². The summed E-state index contributed by atoms with van der Waals surface area (Å²) in [5.41, 5.74) is 9.05. The number of hydrogen-bond donors (Lipinski definition) is 4. The number of nitrogens with one attached hydrogen (secondary N) is 2. The van der Waals surface area contributed by atoms with Crippen molar-refractivity contribution in [2.45, 2.75) is 73.3 Å². The molecular weight excluding hydrogens is 574 g/mol. The monoisotopic (exact) mass is 615 g/mol. The molecule has 0 atom stereocenters. The standard InChI is InChI=1S/C20H20N2O2.C19H21NO2/c23-17-20(22-18(24)21-17)13-11-19(12-14-20,15-7-3-1-4-8-15)16-9-5-2-6-10-16;20-19(17(21)22)13-11-18(12-14-19,15-7-3-1-4-8-15)16-9-5-2-6-10-16/h1-10H,11-14H2,(H2,21,22,23,24);1-10H,11-14,20H2,(H,21,22). The third kappa shape index (κ3) is 5.71. The average molecular weight is 616 g/mol. The summed E-state index contributed by atoms with van der Waals surface area (Å²) in [7, 11) is 0. The molecule has 0 aromatic heterocycles. The van der Waals surface area contributed by atoms with Crippen molar-refractivity contribution in [2.75, 3.05) is 0 Å². The smallest absolute Gasteiger partial charge is 0.323 e. The maximum atomic E-state index is 12.3. The van der Waals surface area contributed by atoms with E-state index >= 15 is 0 Å². The highest BCUT2D eigenvalue weighted by molar-refractivity contribution is 6.07. The van der Waals surface area contributed by atoms with Crippen molar-refractivity contribution < 1.29 is 19.5 Å². The Balaban J connectivity index is 0.000000162. The fraction of sp³-hybridized carbons (Fsp3) is 0.308. The van der Waals surface area contributed by atoms with Crippen LogP contribution < -0.4 is 16.4 Å². The number of hydrogen-bond acceptors (Lipinski definition) is 4. The molecule has 1 heterocycles. The van der Waals surface area contributed by atoms with Gasteiger partial charge in [-0.3, -0.25) is 14.9 Å². The molecule has 46 heavy (non-hydrogen) atoms. The van der Waals surface area contributed by atoms with Crippen molar-refractivity contribution in [1.82, 2.24) is 10.6 Å². The number of urea groups is 1. The number of amides is 3. The number of aliphatic carboxylic acids is 1. The molecule has 7 nitrogen and oxygen atoms in total. The highest BCUT2D eigenvalue weighted by Crippen LogP contribution is 2.49. The first-order valence-corrected chi connectivity index (χ1v) is 16.1. The van der Waals surface area contributed by atoms with Gasteiger partial charge >= 0.3 is 12.0 Å². The minimum atomic E-state index is -1.09. The molecule has 1 saturated heterocycles. The summed E-state index contributed by atoms with van der Waals surface area (Å²) in [6.45, 7) is 0. The molecule has 1 aliphatic heterocycles. The van der Waals surface area contributed by atoms with Gasteiger partial charge in [0.1, 0.15) is 11.1 Å². The van der Waals surface area contributed by atoms with Crippen molar-refractivity contribution in [3.8, 4) is 0 Å². The Hall–Kier alpha value is -4.75. The molecular formula is C39H41N3O4. The van der Waals surface area contributed by atoms with Crippen molar-refractivity contribution >= 4 is 17.9 Å². The van der Waals surface area contributed by atoms with Gasteiger partial charge in [0.2, 0.25) is 0 Å². The topological polar surface area (TPSA) is 122 Å². The van der Waals surface area contributed by atoms with Crippen molar-refractivity contribution in [1.29, 1.82) is 0 Å². The first-order valence-electron chi connectivity index (χ1n) is 16.1. The van der Waals surface area contributed by atoms with Crippen molar-refractivity contribution in [3.63, 3.8) is 0 Å². The zero-order valence-electron chi connectivity index (χ0n) is 26.0. The molecule has 3 amide bonds. The van der Waals surface area contributed by atoms with E-state index in [0.717, 1.165) is 25.7 Å².